The first-order valence-electron chi connectivity index (χ1n) is 4.50. The fourth-order valence-electron chi connectivity index (χ4n) is 1.36. The Balaban J connectivity index is 3.11. The van der Waals surface area contributed by atoms with Crippen LogP contribution in [0.5, 0.6) is 5.75 Å². The highest BCUT2D eigenvalue weighted by Crippen LogP contribution is 2.34. The van der Waals surface area contributed by atoms with Crippen LogP contribution in [0.3, 0.4) is 0 Å². The Morgan fingerprint density at radius 1 is 1.57 bits per heavy atom. The quantitative estimate of drug-likeness (QED) is 0.879. The molecule has 14 heavy (non-hydrogen) atoms. The van der Waals surface area contributed by atoms with Crippen LogP contribution in [0.4, 0.5) is 4.39 Å². The molecule has 0 saturated heterocycles. The number of halogens is 2. The van der Waals surface area contributed by atoms with Crippen LogP contribution in [0.25, 0.3) is 0 Å². The number of phenolic OH excluding ortho intramolecular Hbond substituents is 1. The summed E-state index contributed by atoms with van der Waals surface area (Å²) in [5.74, 6) is -0.544. The molecule has 1 rings (SSSR count). The number of phenols is 1. The highest BCUT2D eigenvalue weighted by atomic mass is 79.9. The Labute approximate surface area is 91.1 Å². The van der Waals surface area contributed by atoms with E-state index >= 15 is 0 Å². The van der Waals surface area contributed by atoms with Crippen molar-refractivity contribution < 1.29 is 9.50 Å². The minimum atomic E-state index is -0.452. The van der Waals surface area contributed by atoms with Crippen molar-refractivity contribution in [3.63, 3.8) is 0 Å². The highest BCUT2D eigenvalue weighted by molar-refractivity contribution is 9.10. The lowest BCUT2D eigenvalue weighted by Crippen LogP contribution is -2.12. The number of hydrogen-bond acceptors (Lipinski definition) is 2. The zero-order valence-electron chi connectivity index (χ0n) is 7.93. The zero-order chi connectivity index (χ0) is 10.7. The number of benzene rings is 1. The predicted molar refractivity (Wildman–Crippen MR) is 57.6 cm³/mol. The van der Waals surface area contributed by atoms with Crippen LogP contribution in [0.15, 0.2) is 16.6 Å². The first-order valence-corrected chi connectivity index (χ1v) is 5.29. The third-order valence-electron chi connectivity index (χ3n) is 2.09. The molecular weight excluding hydrogens is 249 g/mol. The van der Waals surface area contributed by atoms with Gasteiger partial charge in [0.1, 0.15) is 11.6 Å². The molecule has 0 amide bonds. The van der Waals surface area contributed by atoms with E-state index in [0.29, 0.717) is 10.9 Å². The topological polar surface area (TPSA) is 46.2 Å². The maximum atomic E-state index is 13.3. The third kappa shape index (κ3) is 2.25. The number of aromatic hydroxyl groups is 1. The fraction of sp³-hybridized carbons (Fsp3) is 0.400. The van der Waals surface area contributed by atoms with Crippen molar-refractivity contribution in [2.75, 3.05) is 0 Å². The molecule has 0 fully saturated rings. The van der Waals surface area contributed by atoms with Crippen molar-refractivity contribution in [1.29, 1.82) is 0 Å². The maximum Gasteiger partial charge on any atom is 0.137 e. The van der Waals surface area contributed by atoms with Crippen LogP contribution in [-0.2, 0) is 0 Å². The summed E-state index contributed by atoms with van der Waals surface area (Å²) in [5.41, 5.74) is 5.95. The molecule has 78 valence electrons. The van der Waals surface area contributed by atoms with E-state index in [-0.39, 0.29) is 11.3 Å². The van der Waals surface area contributed by atoms with E-state index in [9.17, 15) is 9.50 Å². The van der Waals surface area contributed by atoms with E-state index in [1.165, 1.54) is 12.1 Å². The third-order valence-corrected chi connectivity index (χ3v) is 2.73. The van der Waals surface area contributed by atoms with E-state index in [0.717, 1.165) is 6.42 Å². The van der Waals surface area contributed by atoms with Gasteiger partial charge in [-0.15, -0.1) is 0 Å². The van der Waals surface area contributed by atoms with Crippen molar-refractivity contribution in [3.8, 4) is 5.75 Å². The van der Waals surface area contributed by atoms with Gasteiger partial charge in [-0.05, 0) is 34.5 Å². The molecule has 0 bridgehead atoms. The van der Waals surface area contributed by atoms with Gasteiger partial charge < -0.3 is 10.8 Å². The lowest BCUT2D eigenvalue weighted by Gasteiger charge is -2.14. The normalized spacial score (nSPS) is 12.9. The summed E-state index contributed by atoms with van der Waals surface area (Å²) in [4.78, 5) is 0. The van der Waals surface area contributed by atoms with Crippen molar-refractivity contribution in [3.05, 3.63) is 28.0 Å². The number of hydrogen-bond donors (Lipinski definition) is 2. The van der Waals surface area contributed by atoms with E-state index in [1.54, 1.807) is 0 Å². The minimum Gasteiger partial charge on any atom is -0.506 e. The average molecular weight is 262 g/mol. The van der Waals surface area contributed by atoms with E-state index in [1.807, 2.05) is 6.92 Å². The van der Waals surface area contributed by atoms with Gasteiger partial charge >= 0.3 is 0 Å². The van der Waals surface area contributed by atoms with Gasteiger partial charge in [-0.25, -0.2) is 4.39 Å². The van der Waals surface area contributed by atoms with Gasteiger partial charge in [-0.2, -0.15) is 0 Å². The second-order valence-corrected chi connectivity index (χ2v) is 4.04. The van der Waals surface area contributed by atoms with Gasteiger partial charge in [0.2, 0.25) is 0 Å². The van der Waals surface area contributed by atoms with E-state index < -0.39 is 11.9 Å². The fourth-order valence-corrected chi connectivity index (χ4v) is 1.71. The second kappa shape index (κ2) is 4.75. The highest BCUT2D eigenvalue weighted by Gasteiger charge is 2.17. The first-order chi connectivity index (χ1) is 6.57. The Morgan fingerprint density at radius 2 is 2.21 bits per heavy atom. The Morgan fingerprint density at radius 3 is 2.79 bits per heavy atom. The van der Waals surface area contributed by atoms with Crippen LogP contribution in [0.1, 0.15) is 31.4 Å². The Kier molecular flexibility index (Phi) is 3.89. The van der Waals surface area contributed by atoms with Gasteiger partial charge in [0, 0.05) is 11.6 Å². The molecule has 0 aliphatic rings. The molecule has 0 radical (unpaired) electrons. The molecule has 4 heteroatoms. The standard InChI is InChI=1S/C10H13BrFNO/c1-2-3-8(13)9-7(12)5-4-6(11)10(9)14/h4-5,8,14H,2-3,13H2,1H3/t8-/m0/s1. The molecular formula is C10H13BrFNO. The van der Waals surface area contributed by atoms with Crippen LogP contribution < -0.4 is 5.73 Å². The molecule has 2 nitrogen and oxygen atoms in total. The van der Waals surface area contributed by atoms with Gasteiger partial charge in [0.25, 0.3) is 0 Å². The summed E-state index contributed by atoms with van der Waals surface area (Å²) in [6.07, 6.45) is 1.51. The van der Waals surface area contributed by atoms with Gasteiger partial charge in [-0.1, -0.05) is 13.3 Å². The van der Waals surface area contributed by atoms with E-state index in [4.69, 9.17) is 5.73 Å². The molecule has 0 unspecified atom stereocenters. The molecule has 1 aromatic rings. The molecule has 0 aromatic heterocycles. The zero-order valence-corrected chi connectivity index (χ0v) is 9.51. The van der Waals surface area contributed by atoms with Crippen molar-refractivity contribution in [2.45, 2.75) is 25.8 Å². The van der Waals surface area contributed by atoms with Crippen LogP contribution in [0, 0.1) is 5.82 Å². The smallest absolute Gasteiger partial charge is 0.137 e. The minimum absolute atomic E-state index is 0.0917. The summed E-state index contributed by atoms with van der Waals surface area (Å²) in [7, 11) is 0. The van der Waals surface area contributed by atoms with Crippen LogP contribution >= 0.6 is 15.9 Å². The lowest BCUT2D eigenvalue weighted by molar-refractivity contribution is 0.441. The van der Waals surface area contributed by atoms with Crippen molar-refractivity contribution >= 4 is 15.9 Å². The number of nitrogens with two attached hydrogens (primary N) is 1. The Hall–Kier alpha value is -0.610. The van der Waals surface area contributed by atoms with Gasteiger partial charge in [0.15, 0.2) is 0 Å². The lowest BCUT2D eigenvalue weighted by atomic mass is 10.0. The largest absolute Gasteiger partial charge is 0.506 e. The monoisotopic (exact) mass is 261 g/mol. The van der Waals surface area contributed by atoms with Crippen LogP contribution in [-0.4, -0.2) is 5.11 Å². The summed E-state index contributed by atoms with van der Waals surface area (Å²) in [6.45, 7) is 1.97. The van der Waals surface area contributed by atoms with Crippen molar-refractivity contribution in [2.24, 2.45) is 5.73 Å². The molecule has 0 saturated carbocycles. The molecule has 0 heterocycles. The SMILES string of the molecule is CCC[C@H](N)c1c(F)ccc(Br)c1O. The van der Waals surface area contributed by atoms with E-state index in [2.05, 4.69) is 15.9 Å². The van der Waals surface area contributed by atoms with Crippen LogP contribution in [0.2, 0.25) is 0 Å². The summed E-state index contributed by atoms with van der Waals surface area (Å²) < 4.78 is 13.8. The maximum absolute atomic E-state index is 13.3. The summed E-state index contributed by atoms with van der Waals surface area (Å²) in [6, 6.07) is 2.32. The first kappa shape index (κ1) is 11.5. The molecule has 1 aromatic carbocycles. The summed E-state index contributed by atoms with van der Waals surface area (Å²) in [5, 5.41) is 9.61. The van der Waals surface area contributed by atoms with Gasteiger partial charge in [0.05, 0.1) is 4.47 Å². The average Bonchev–Trinajstić information content (AvgIpc) is 2.13. The second-order valence-electron chi connectivity index (χ2n) is 3.19. The molecule has 3 N–H and O–H groups in total. The number of rotatable bonds is 3. The molecule has 1 atom stereocenters. The predicted octanol–water partition coefficient (Wildman–Crippen LogP) is 3.09. The van der Waals surface area contributed by atoms with Crippen molar-refractivity contribution in [1.82, 2.24) is 0 Å². The molecule has 0 aliphatic heterocycles. The Bertz CT molecular complexity index is 330. The molecule has 0 spiro atoms. The summed E-state index contributed by atoms with van der Waals surface area (Å²) >= 11 is 3.13. The molecule has 0 aliphatic carbocycles. The van der Waals surface area contributed by atoms with Gasteiger partial charge in [-0.3, -0.25) is 0 Å².